The molecule has 0 bridgehead atoms. The van der Waals surface area contributed by atoms with E-state index in [1.54, 1.807) is 6.07 Å². The van der Waals surface area contributed by atoms with E-state index in [9.17, 15) is 18.7 Å². The average Bonchev–Trinajstić information content (AvgIpc) is 3.08. The normalized spacial score (nSPS) is 17.7. The fourth-order valence-corrected chi connectivity index (χ4v) is 3.50. The number of fused-ring (bicyclic) bond motifs is 1. The quantitative estimate of drug-likeness (QED) is 0.864. The Balaban J connectivity index is 1.82. The Morgan fingerprint density at radius 1 is 1.48 bits per heavy atom. The number of halogens is 3. The van der Waals surface area contributed by atoms with E-state index in [0.717, 1.165) is 0 Å². The van der Waals surface area contributed by atoms with Crippen molar-refractivity contribution in [3.8, 4) is 0 Å². The maximum Gasteiger partial charge on any atom is 0.409 e. The van der Waals surface area contributed by atoms with Gasteiger partial charge in [-0.3, -0.25) is 5.10 Å². The third kappa shape index (κ3) is 3.28. The summed E-state index contributed by atoms with van der Waals surface area (Å²) in [5.74, 6) is -4.43. The highest BCUT2D eigenvalue weighted by Crippen LogP contribution is 2.44. The van der Waals surface area contributed by atoms with Crippen LogP contribution in [0.15, 0.2) is 18.3 Å². The number of aliphatic hydroxyl groups excluding tert-OH is 1. The lowest BCUT2D eigenvalue weighted by Gasteiger charge is -2.37. The first-order chi connectivity index (χ1) is 11.8. The molecule has 2 heterocycles. The number of nitrogens with one attached hydrogen (secondary N) is 1. The summed E-state index contributed by atoms with van der Waals surface area (Å²) in [5, 5.41) is 17.7. The van der Waals surface area contributed by atoms with Gasteiger partial charge in [0.15, 0.2) is 0 Å². The molecule has 3 rings (SSSR count). The zero-order chi connectivity index (χ0) is 18.2. The number of aliphatic hydroxyl groups is 1. The Labute approximate surface area is 147 Å². The number of nitrogens with zero attached hydrogens (tertiary/aromatic N) is 2. The summed E-state index contributed by atoms with van der Waals surface area (Å²) < 4.78 is 34.4. The molecule has 0 spiro atoms. The first-order valence-electron chi connectivity index (χ1n) is 7.86. The molecular formula is C16H18ClF2N3O3. The van der Waals surface area contributed by atoms with Gasteiger partial charge in [0.2, 0.25) is 0 Å². The van der Waals surface area contributed by atoms with Crippen molar-refractivity contribution in [1.29, 1.82) is 0 Å². The monoisotopic (exact) mass is 373 g/mol. The van der Waals surface area contributed by atoms with Gasteiger partial charge in [-0.05, 0) is 25.0 Å². The van der Waals surface area contributed by atoms with Gasteiger partial charge in [-0.25, -0.2) is 13.6 Å². The van der Waals surface area contributed by atoms with E-state index >= 15 is 0 Å². The Bertz CT molecular complexity index is 775. The number of piperidine rings is 1. The number of carbonyl (C=O) groups excluding carboxylic acids is 1. The topological polar surface area (TPSA) is 78.4 Å². The van der Waals surface area contributed by atoms with Crippen molar-refractivity contribution in [3.63, 3.8) is 0 Å². The molecule has 9 heteroatoms. The van der Waals surface area contributed by atoms with Gasteiger partial charge in [-0.15, -0.1) is 0 Å². The van der Waals surface area contributed by atoms with Gasteiger partial charge in [0.25, 0.3) is 5.92 Å². The fourth-order valence-electron chi connectivity index (χ4n) is 3.27. The summed E-state index contributed by atoms with van der Waals surface area (Å²) in [6.07, 6.45) is -0.942. The van der Waals surface area contributed by atoms with Crippen LogP contribution in [0.4, 0.5) is 13.6 Å². The Hall–Kier alpha value is -1.93. The van der Waals surface area contributed by atoms with Crippen molar-refractivity contribution in [1.82, 2.24) is 15.1 Å². The Kier molecular flexibility index (Phi) is 4.83. The third-order valence-electron chi connectivity index (χ3n) is 4.68. The molecule has 1 saturated heterocycles. The number of hydrogen-bond acceptors (Lipinski definition) is 4. The molecule has 25 heavy (non-hydrogen) atoms. The van der Waals surface area contributed by atoms with E-state index in [1.807, 2.05) is 0 Å². The van der Waals surface area contributed by atoms with E-state index in [0.29, 0.717) is 10.9 Å². The highest BCUT2D eigenvalue weighted by atomic mass is 35.5. The molecule has 1 aromatic carbocycles. The number of benzene rings is 1. The number of alkyl halides is 2. The predicted octanol–water partition coefficient (Wildman–Crippen LogP) is 3.36. The van der Waals surface area contributed by atoms with Gasteiger partial charge in [-0.1, -0.05) is 11.6 Å². The van der Waals surface area contributed by atoms with Crippen LogP contribution in [-0.2, 0) is 4.74 Å². The number of carbonyl (C=O) groups is 1. The molecule has 136 valence electrons. The molecule has 0 saturated carbocycles. The number of aromatic amines is 1. The van der Waals surface area contributed by atoms with Crippen LogP contribution < -0.4 is 0 Å². The third-order valence-corrected chi connectivity index (χ3v) is 4.89. The van der Waals surface area contributed by atoms with E-state index in [-0.39, 0.29) is 36.5 Å². The Morgan fingerprint density at radius 3 is 2.80 bits per heavy atom. The number of methoxy groups -OCH3 is 1. The number of amides is 1. The van der Waals surface area contributed by atoms with Crippen molar-refractivity contribution >= 4 is 28.6 Å². The zero-order valence-electron chi connectivity index (χ0n) is 13.5. The van der Waals surface area contributed by atoms with Crippen molar-refractivity contribution in [3.05, 3.63) is 28.9 Å². The summed E-state index contributed by atoms with van der Waals surface area (Å²) in [6.45, 7) is 0.323. The van der Waals surface area contributed by atoms with E-state index in [1.165, 1.54) is 24.3 Å². The molecular weight excluding hydrogens is 356 g/mol. The van der Waals surface area contributed by atoms with Crippen LogP contribution in [0, 0.1) is 5.92 Å². The molecule has 1 unspecified atom stereocenters. The lowest BCUT2D eigenvalue weighted by atomic mass is 9.85. The lowest BCUT2D eigenvalue weighted by molar-refractivity contribution is -0.159. The maximum atomic E-state index is 14.9. The van der Waals surface area contributed by atoms with Crippen LogP contribution in [0.5, 0.6) is 0 Å². The van der Waals surface area contributed by atoms with E-state index in [4.69, 9.17) is 11.6 Å². The van der Waals surface area contributed by atoms with Crippen molar-refractivity contribution in [2.75, 3.05) is 20.2 Å². The first kappa shape index (κ1) is 17.9. The first-order valence-corrected chi connectivity index (χ1v) is 8.23. The number of likely N-dealkylation sites (tertiary alicyclic amines) is 1. The van der Waals surface area contributed by atoms with E-state index < -0.39 is 24.0 Å². The average molecular weight is 374 g/mol. The number of rotatable bonds is 3. The van der Waals surface area contributed by atoms with Crippen molar-refractivity contribution in [2.45, 2.75) is 24.9 Å². The number of H-pyrrole nitrogens is 1. The molecule has 1 aliphatic rings. The summed E-state index contributed by atoms with van der Waals surface area (Å²) in [4.78, 5) is 12.9. The molecule has 1 fully saturated rings. The van der Waals surface area contributed by atoms with Crippen LogP contribution in [0.3, 0.4) is 0 Å². The molecule has 2 N–H and O–H groups in total. The summed E-state index contributed by atoms with van der Waals surface area (Å²) >= 11 is 5.97. The van der Waals surface area contributed by atoms with Crippen molar-refractivity contribution in [2.24, 2.45) is 5.92 Å². The van der Waals surface area contributed by atoms with Gasteiger partial charge < -0.3 is 14.7 Å². The second-order valence-corrected chi connectivity index (χ2v) is 6.57. The second-order valence-electron chi connectivity index (χ2n) is 6.14. The van der Waals surface area contributed by atoms with Gasteiger partial charge in [0, 0.05) is 35.0 Å². The van der Waals surface area contributed by atoms with Crippen LogP contribution >= 0.6 is 11.6 Å². The summed E-state index contributed by atoms with van der Waals surface area (Å²) in [6, 6.07) is 2.91. The lowest BCUT2D eigenvalue weighted by Crippen LogP contribution is -2.45. The minimum atomic E-state index is -3.37. The summed E-state index contributed by atoms with van der Waals surface area (Å²) in [7, 11) is 1.25. The van der Waals surface area contributed by atoms with Gasteiger partial charge in [-0.2, -0.15) is 5.10 Å². The molecule has 0 radical (unpaired) electrons. The highest BCUT2D eigenvalue weighted by Gasteiger charge is 2.49. The van der Waals surface area contributed by atoms with Gasteiger partial charge >= 0.3 is 6.09 Å². The summed E-state index contributed by atoms with van der Waals surface area (Å²) in [5.41, 5.74) is 0.351. The van der Waals surface area contributed by atoms with Crippen LogP contribution in [0.25, 0.3) is 10.9 Å². The highest BCUT2D eigenvalue weighted by molar-refractivity contribution is 6.31. The number of ether oxygens (including phenoxy) is 1. The second kappa shape index (κ2) is 6.76. The molecule has 1 amide bonds. The number of hydrogen-bond donors (Lipinski definition) is 2. The molecule has 6 nitrogen and oxygen atoms in total. The van der Waals surface area contributed by atoms with E-state index in [2.05, 4.69) is 14.9 Å². The standard InChI is InChI=1S/C16H18ClF2N3O3/c1-25-15(24)22-4-2-10(3-5-22)16(18,19)14(23)12-7-11(17)6-9-8-20-21-13(9)12/h6-8,10,14,23H,2-5H2,1H3,(H,20,21). The van der Waals surface area contributed by atoms with Crippen molar-refractivity contribution < 1.29 is 23.4 Å². The smallest absolute Gasteiger partial charge is 0.409 e. The fraction of sp³-hybridized carbons (Fsp3) is 0.500. The predicted molar refractivity (Wildman–Crippen MR) is 87.7 cm³/mol. The zero-order valence-corrected chi connectivity index (χ0v) is 14.3. The minimum Gasteiger partial charge on any atom is -0.453 e. The number of aromatic nitrogens is 2. The molecule has 1 atom stereocenters. The van der Waals surface area contributed by atoms with Crippen LogP contribution in [-0.4, -0.2) is 52.4 Å². The SMILES string of the molecule is COC(=O)N1CCC(C(F)(F)C(O)c2cc(Cl)cc3cn[nH]c23)CC1. The molecule has 0 aliphatic carbocycles. The largest absolute Gasteiger partial charge is 0.453 e. The van der Waals surface area contributed by atoms with Gasteiger partial charge in [0.05, 0.1) is 18.8 Å². The van der Waals surface area contributed by atoms with Crippen LogP contribution in [0.1, 0.15) is 24.5 Å². The Morgan fingerprint density at radius 2 is 2.16 bits per heavy atom. The molecule has 1 aromatic heterocycles. The van der Waals surface area contributed by atoms with Crippen LogP contribution in [0.2, 0.25) is 5.02 Å². The maximum absolute atomic E-state index is 14.9. The van der Waals surface area contributed by atoms with Gasteiger partial charge in [0.1, 0.15) is 6.10 Å². The minimum absolute atomic E-state index is 0.0143. The molecule has 1 aliphatic heterocycles. The molecule has 2 aromatic rings.